The van der Waals surface area contributed by atoms with Gasteiger partial charge in [0.15, 0.2) is 0 Å². The molecule has 0 saturated heterocycles. The van der Waals surface area contributed by atoms with Crippen molar-refractivity contribution >= 4 is 33.2 Å². The number of nitrogens with zero attached hydrogens (tertiary/aromatic N) is 1. The molecule has 0 heterocycles. The molecule has 1 aromatic carbocycles. The van der Waals surface area contributed by atoms with Crippen LogP contribution < -0.4 is 0 Å². The van der Waals surface area contributed by atoms with Gasteiger partial charge in [0.1, 0.15) is 0 Å². The highest BCUT2D eigenvalue weighted by molar-refractivity contribution is 7.89. The number of rotatable bonds is 5. The molecule has 0 spiro atoms. The van der Waals surface area contributed by atoms with E-state index in [1.807, 2.05) is 13.8 Å². The van der Waals surface area contributed by atoms with Gasteiger partial charge >= 0.3 is 0 Å². The van der Waals surface area contributed by atoms with E-state index in [-0.39, 0.29) is 16.8 Å². The summed E-state index contributed by atoms with van der Waals surface area (Å²) in [4.78, 5) is 0.198. The van der Waals surface area contributed by atoms with Crippen molar-refractivity contribution in [2.45, 2.75) is 37.1 Å². The molecule has 0 N–H and O–H groups in total. The second-order valence-electron chi connectivity index (χ2n) is 4.17. The first-order valence-electron chi connectivity index (χ1n) is 5.67. The Labute approximate surface area is 119 Å². The average molecular weight is 310 g/mol. The van der Waals surface area contributed by atoms with E-state index >= 15 is 0 Å². The Morgan fingerprint density at radius 1 is 1.39 bits per heavy atom. The third-order valence-corrected chi connectivity index (χ3v) is 5.66. The van der Waals surface area contributed by atoms with Gasteiger partial charge in [0, 0.05) is 24.0 Å². The topological polar surface area (TPSA) is 37.4 Å². The second-order valence-corrected chi connectivity index (χ2v) is 6.84. The molecule has 0 aliphatic carbocycles. The van der Waals surface area contributed by atoms with Gasteiger partial charge in [0.2, 0.25) is 10.0 Å². The fraction of sp³-hybridized carbons (Fsp3) is 0.500. The molecule has 0 aliphatic heterocycles. The van der Waals surface area contributed by atoms with E-state index < -0.39 is 10.0 Å². The van der Waals surface area contributed by atoms with Crippen molar-refractivity contribution in [1.82, 2.24) is 4.31 Å². The van der Waals surface area contributed by atoms with Crippen LogP contribution in [-0.4, -0.2) is 25.8 Å². The normalized spacial score (nSPS) is 13.9. The van der Waals surface area contributed by atoms with E-state index in [1.54, 1.807) is 13.1 Å². The first-order valence-corrected chi connectivity index (χ1v) is 8.02. The zero-order valence-electron chi connectivity index (χ0n) is 10.7. The van der Waals surface area contributed by atoms with Gasteiger partial charge in [-0.15, -0.1) is 11.6 Å². The van der Waals surface area contributed by atoms with Crippen molar-refractivity contribution in [2.24, 2.45) is 0 Å². The molecule has 6 heteroatoms. The van der Waals surface area contributed by atoms with E-state index in [1.165, 1.54) is 16.4 Å². The van der Waals surface area contributed by atoms with Crippen LogP contribution >= 0.6 is 23.2 Å². The Kier molecular flexibility index (Phi) is 5.46. The summed E-state index contributed by atoms with van der Waals surface area (Å²) in [5, 5.41) is 0.378. The summed E-state index contributed by atoms with van der Waals surface area (Å²) in [7, 11) is -1.92. The van der Waals surface area contributed by atoms with Crippen molar-refractivity contribution in [3.63, 3.8) is 0 Å². The lowest BCUT2D eigenvalue weighted by molar-refractivity contribution is 0.380. The number of benzene rings is 1. The summed E-state index contributed by atoms with van der Waals surface area (Å²) in [6.45, 7) is 3.81. The zero-order chi connectivity index (χ0) is 13.9. The third kappa shape index (κ3) is 3.18. The van der Waals surface area contributed by atoms with E-state index in [0.29, 0.717) is 5.02 Å². The monoisotopic (exact) mass is 309 g/mol. The molecule has 3 nitrogen and oxygen atoms in total. The maximum absolute atomic E-state index is 12.3. The van der Waals surface area contributed by atoms with Crippen LogP contribution in [0.5, 0.6) is 0 Å². The van der Waals surface area contributed by atoms with Crippen LogP contribution in [0, 0.1) is 0 Å². The number of alkyl halides is 1. The molecule has 0 fully saturated rings. The molecule has 0 bridgehead atoms. The van der Waals surface area contributed by atoms with Crippen LogP contribution in [0.2, 0.25) is 5.02 Å². The molecule has 0 amide bonds. The molecule has 0 saturated carbocycles. The standard InChI is InChI=1S/C12H17Cl2NO2S/c1-4-9(2)15(3)18(16,17)11-6-5-10(8-13)12(14)7-11/h5-7,9H,4,8H2,1-3H3. The molecule has 102 valence electrons. The van der Waals surface area contributed by atoms with Gasteiger partial charge in [-0.05, 0) is 31.0 Å². The molecule has 0 aromatic heterocycles. The molecule has 1 atom stereocenters. The van der Waals surface area contributed by atoms with Crippen LogP contribution in [-0.2, 0) is 15.9 Å². The number of hydrogen-bond donors (Lipinski definition) is 0. The second kappa shape index (κ2) is 6.24. The average Bonchev–Trinajstić information content (AvgIpc) is 2.36. The van der Waals surface area contributed by atoms with Crippen molar-refractivity contribution in [1.29, 1.82) is 0 Å². The van der Waals surface area contributed by atoms with Crippen molar-refractivity contribution < 1.29 is 8.42 Å². The minimum atomic E-state index is -3.49. The Morgan fingerprint density at radius 2 is 2.00 bits per heavy atom. The number of hydrogen-bond acceptors (Lipinski definition) is 2. The molecule has 0 aliphatic rings. The summed E-state index contributed by atoms with van der Waals surface area (Å²) in [6, 6.07) is 4.58. The minimum Gasteiger partial charge on any atom is -0.207 e. The van der Waals surface area contributed by atoms with Crippen molar-refractivity contribution in [3.05, 3.63) is 28.8 Å². The molecule has 18 heavy (non-hydrogen) atoms. The van der Waals surface area contributed by atoms with Gasteiger partial charge in [0.05, 0.1) is 4.90 Å². The molecule has 1 aromatic rings. The Bertz CT molecular complexity index is 517. The molecular formula is C12H17Cl2NO2S. The molecule has 1 rings (SSSR count). The summed E-state index contributed by atoms with van der Waals surface area (Å²) >= 11 is 11.7. The highest BCUT2D eigenvalue weighted by Gasteiger charge is 2.24. The van der Waals surface area contributed by atoms with Gasteiger partial charge in [-0.3, -0.25) is 0 Å². The van der Waals surface area contributed by atoms with Crippen LogP contribution in [0.1, 0.15) is 25.8 Å². The number of sulfonamides is 1. The van der Waals surface area contributed by atoms with Gasteiger partial charge in [0.25, 0.3) is 0 Å². The van der Waals surface area contributed by atoms with Crippen molar-refractivity contribution in [3.8, 4) is 0 Å². The van der Waals surface area contributed by atoms with Crippen LogP contribution in [0.15, 0.2) is 23.1 Å². The number of halogens is 2. The largest absolute Gasteiger partial charge is 0.243 e. The highest BCUT2D eigenvalue weighted by Crippen LogP contribution is 2.25. The first-order chi connectivity index (χ1) is 8.34. The van der Waals surface area contributed by atoms with Gasteiger partial charge < -0.3 is 0 Å². The van der Waals surface area contributed by atoms with Gasteiger partial charge in [-0.2, -0.15) is 4.31 Å². The fourth-order valence-corrected chi connectivity index (χ4v) is 3.53. The van der Waals surface area contributed by atoms with Crippen LogP contribution in [0.4, 0.5) is 0 Å². The Morgan fingerprint density at radius 3 is 2.44 bits per heavy atom. The molecule has 1 unspecified atom stereocenters. The molecule has 0 radical (unpaired) electrons. The van der Waals surface area contributed by atoms with Crippen LogP contribution in [0.25, 0.3) is 0 Å². The third-order valence-electron chi connectivity index (χ3n) is 3.06. The van der Waals surface area contributed by atoms with E-state index in [9.17, 15) is 8.42 Å². The summed E-state index contributed by atoms with van der Waals surface area (Å²) in [5.74, 6) is 0.264. The van der Waals surface area contributed by atoms with E-state index in [2.05, 4.69) is 0 Å². The highest BCUT2D eigenvalue weighted by atomic mass is 35.5. The minimum absolute atomic E-state index is 0.0542. The van der Waals surface area contributed by atoms with E-state index in [4.69, 9.17) is 23.2 Å². The first kappa shape index (κ1) is 15.8. The van der Waals surface area contributed by atoms with Gasteiger partial charge in [-0.1, -0.05) is 24.6 Å². The van der Waals surface area contributed by atoms with Crippen LogP contribution in [0.3, 0.4) is 0 Å². The smallest absolute Gasteiger partial charge is 0.207 e. The summed E-state index contributed by atoms with van der Waals surface area (Å²) in [5.41, 5.74) is 0.725. The fourth-order valence-electron chi connectivity index (χ4n) is 1.46. The lowest BCUT2D eigenvalue weighted by atomic mass is 10.2. The predicted octanol–water partition coefficient (Wildman–Crippen LogP) is 3.50. The SMILES string of the molecule is CCC(C)N(C)S(=O)(=O)c1ccc(CCl)c(Cl)c1. The Balaban J connectivity index is 3.17. The summed E-state index contributed by atoms with van der Waals surface area (Å²) < 4.78 is 26.0. The predicted molar refractivity (Wildman–Crippen MR) is 75.7 cm³/mol. The van der Waals surface area contributed by atoms with E-state index in [0.717, 1.165) is 12.0 Å². The quantitative estimate of drug-likeness (QED) is 0.781. The lowest BCUT2D eigenvalue weighted by Gasteiger charge is -2.23. The maximum Gasteiger partial charge on any atom is 0.243 e. The zero-order valence-corrected chi connectivity index (χ0v) is 13.0. The maximum atomic E-state index is 12.3. The van der Waals surface area contributed by atoms with Crippen molar-refractivity contribution in [2.75, 3.05) is 7.05 Å². The summed E-state index contributed by atoms with van der Waals surface area (Å²) in [6.07, 6.45) is 0.753. The van der Waals surface area contributed by atoms with Gasteiger partial charge in [-0.25, -0.2) is 8.42 Å². The Hall–Kier alpha value is -0.290. The molecular weight excluding hydrogens is 293 g/mol. The lowest BCUT2D eigenvalue weighted by Crippen LogP contribution is -2.34.